The third-order valence-electron chi connectivity index (χ3n) is 4.16. The van der Waals surface area contributed by atoms with Crippen molar-refractivity contribution in [3.63, 3.8) is 0 Å². The maximum atomic E-state index is 12.2. The average molecular weight is 365 g/mol. The van der Waals surface area contributed by atoms with E-state index in [-0.39, 0.29) is 17.0 Å². The maximum absolute atomic E-state index is 12.2. The zero-order valence-electron chi connectivity index (χ0n) is 14.9. The summed E-state index contributed by atoms with van der Waals surface area (Å²) in [6.07, 6.45) is -0.347. The topological polar surface area (TPSA) is 79.3 Å². The molecule has 0 N–H and O–H groups in total. The number of sulfonamides is 1. The fraction of sp³-hybridized carbons (Fsp3) is 0.529. The summed E-state index contributed by atoms with van der Waals surface area (Å²) in [6.45, 7) is 8.87. The molecular weight excluding hydrogens is 342 g/mol. The van der Waals surface area contributed by atoms with Gasteiger partial charge in [0.1, 0.15) is 10.5 Å². The van der Waals surface area contributed by atoms with Crippen molar-refractivity contribution in [2.75, 3.05) is 19.6 Å². The summed E-state index contributed by atoms with van der Waals surface area (Å²) in [5.41, 5.74) is 0.0834. The third-order valence-corrected chi connectivity index (χ3v) is 5.49. The van der Waals surface area contributed by atoms with Crippen molar-refractivity contribution in [2.24, 2.45) is 4.40 Å². The molecule has 2 aliphatic heterocycles. The molecule has 0 aromatic heterocycles. The van der Waals surface area contributed by atoms with Crippen LogP contribution >= 0.6 is 0 Å². The Bertz CT molecular complexity index is 827. The van der Waals surface area contributed by atoms with Crippen LogP contribution in [0, 0.1) is 0 Å². The minimum Gasteiger partial charge on any atom is -0.444 e. The molecule has 25 heavy (non-hydrogen) atoms. The number of carbonyl (C=O) groups is 1. The van der Waals surface area contributed by atoms with Crippen molar-refractivity contribution in [2.45, 2.75) is 44.2 Å². The maximum Gasteiger partial charge on any atom is 0.410 e. The highest BCUT2D eigenvalue weighted by Crippen LogP contribution is 2.29. The lowest BCUT2D eigenvalue weighted by atomic mass is 10.1. The molecule has 1 atom stereocenters. The van der Waals surface area contributed by atoms with Crippen LogP contribution in [0.3, 0.4) is 0 Å². The lowest BCUT2D eigenvalue weighted by Gasteiger charge is -2.41. The molecule has 7 nitrogen and oxygen atoms in total. The second-order valence-corrected chi connectivity index (χ2v) is 8.93. The summed E-state index contributed by atoms with van der Waals surface area (Å²) >= 11 is 0. The highest BCUT2D eigenvalue weighted by Gasteiger charge is 2.37. The predicted molar refractivity (Wildman–Crippen MR) is 94.1 cm³/mol. The predicted octanol–water partition coefficient (Wildman–Crippen LogP) is 2.08. The lowest BCUT2D eigenvalue weighted by Crippen LogP contribution is -2.56. The monoisotopic (exact) mass is 365 g/mol. The van der Waals surface area contributed by atoms with Crippen LogP contribution in [0.5, 0.6) is 0 Å². The van der Waals surface area contributed by atoms with Crippen molar-refractivity contribution in [1.29, 1.82) is 0 Å². The van der Waals surface area contributed by atoms with Gasteiger partial charge in [-0.05, 0) is 39.8 Å². The number of hydrogen-bond donors (Lipinski definition) is 0. The van der Waals surface area contributed by atoms with E-state index in [1.165, 1.54) is 0 Å². The summed E-state index contributed by atoms with van der Waals surface area (Å²) in [7, 11) is -3.64. The van der Waals surface area contributed by atoms with E-state index >= 15 is 0 Å². The first kappa shape index (κ1) is 17.7. The first-order valence-corrected chi connectivity index (χ1v) is 9.71. The average Bonchev–Trinajstić information content (AvgIpc) is 2.77. The van der Waals surface area contributed by atoms with Gasteiger partial charge in [-0.25, -0.2) is 4.79 Å². The Morgan fingerprint density at radius 1 is 1.24 bits per heavy atom. The Kier molecular flexibility index (Phi) is 4.26. The van der Waals surface area contributed by atoms with Gasteiger partial charge in [-0.15, -0.1) is 4.40 Å². The fourth-order valence-electron chi connectivity index (χ4n) is 3.06. The summed E-state index contributed by atoms with van der Waals surface area (Å²) < 4.78 is 33.9. The van der Waals surface area contributed by atoms with E-state index in [2.05, 4.69) is 4.40 Å². The molecule has 0 spiro atoms. The van der Waals surface area contributed by atoms with Crippen LogP contribution in [0.1, 0.15) is 33.3 Å². The Morgan fingerprint density at radius 3 is 2.56 bits per heavy atom. The molecule has 1 aromatic carbocycles. The zero-order chi connectivity index (χ0) is 18.4. The van der Waals surface area contributed by atoms with Crippen LogP contribution < -0.4 is 0 Å². The van der Waals surface area contributed by atoms with E-state index in [0.29, 0.717) is 31.0 Å². The summed E-state index contributed by atoms with van der Waals surface area (Å²) in [5.74, 6) is 0.465. The Hall–Kier alpha value is -2.09. The van der Waals surface area contributed by atoms with Crippen molar-refractivity contribution in [3.8, 4) is 0 Å². The molecule has 2 heterocycles. The minimum atomic E-state index is -3.64. The van der Waals surface area contributed by atoms with E-state index in [9.17, 15) is 13.2 Å². The van der Waals surface area contributed by atoms with Crippen molar-refractivity contribution < 1.29 is 17.9 Å². The lowest BCUT2D eigenvalue weighted by molar-refractivity contribution is 0.0134. The zero-order valence-corrected chi connectivity index (χ0v) is 15.7. The van der Waals surface area contributed by atoms with Crippen molar-refractivity contribution in [1.82, 2.24) is 9.80 Å². The summed E-state index contributed by atoms with van der Waals surface area (Å²) in [4.78, 5) is 16.1. The second-order valence-electron chi connectivity index (χ2n) is 7.35. The molecule has 0 unspecified atom stereocenters. The molecule has 2 aliphatic rings. The van der Waals surface area contributed by atoms with Gasteiger partial charge in [-0.2, -0.15) is 8.42 Å². The van der Waals surface area contributed by atoms with E-state index < -0.39 is 15.6 Å². The number of amidine groups is 1. The molecule has 136 valence electrons. The molecule has 1 saturated heterocycles. The first-order valence-electron chi connectivity index (χ1n) is 8.27. The number of rotatable bonds is 0. The molecule has 1 aromatic rings. The normalized spacial score (nSPS) is 22.4. The highest BCUT2D eigenvalue weighted by molar-refractivity contribution is 7.90. The van der Waals surface area contributed by atoms with Gasteiger partial charge in [-0.1, -0.05) is 12.1 Å². The van der Waals surface area contributed by atoms with Crippen LogP contribution in [0.25, 0.3) is 0 Å². The summed E-state index contributed by atoms with van der Waals surface area (Å²) in [6, 6.07) is 6.77. The van der Waals surface area contributed by atoms with Gasteiger partial charge in [0.2, 0.25) is 0 Å². The van der Waals surface area contributed by atoms with Crippen LogP contribution in [-0.4, -0.2) is 61.4 Å². The fourth-order valence-corrected chi connectivity index (χ4v) is 4.28. The number of ether oxygens (including phenoxy) is 1. The number of nitrogens with zero attached hydrogens (tertiary/aromatic N) is 3. The molecule has 0 bridgehead atoms. The smallest absolute Gasteiger partial charge is 0.410 e. The van der Waals surface area contributed by atoms with Gasteiger partial charge >= 0.3 is 6.09 Å². The SMILES string of the molecule is C[C@H]1CN(C(=O)OC(C)(C)C)CCN1C1=NS(=O)(=O)c2ccccc21. The van der Waals surface area contributed by atoms with E-state index in [4.69, 9.17) is 4.74 Å². The minimum absolute atomic E-state index is 0.0682. The molecule has 8 heteroatoms. The molecule has 1 amide bonds. The van der Waals surface area contributed by atoms with E-state index in [0.717, 1.165) is 0 Å². The summed E-state index contributed by atoms with van der Waals surface area (Å²) in [5, 5.41) is 0. The van der Waals surface area contributed by atoms with Gasteiger partial charge in [0.15, 0.2) is 5.84 Å². The van der Waals surface area contributed by atoms with Crippen LogP contribution in [-0.2, 0) is 14.8 Å². The number of hydrogen-bond acceptors (Lipinski definition) is 5. The molecule has 3 rings (SSSR count). The van der Waals surface area contributed by atoms with Gasteiger partial charge in [-0.3, -0.25) is 0 Å². The first-order chi connectivity index (χ1) is 11.6. The number of carbonyl (C=O) groups excluding carboxylic acids is 1. The number of piperazine rings is 1. The largest absolute Gasteiger partial charge is 0.444 e. The third kappa shape index (κ3) is 3.49. The molecule has 1 fully saturated rings. The molecule has 0 aliphatic carbocycles. The Morgan fingerprint density at radius 2 is 1.92 bits per heavy atom. The molecular formula is C17H23N3O4S. The van der Waals surface area contributed by atoms with Gasteiger partial charge in [0.25, 0.3) is 10.0 Å². The Balaban J connectivity index is 1.78. The van der Waals surface area contributed by atoms with Crippen molar-refractivity contribution >= 4 is 22.0 Å². The quantitative estimate of drug-likeness (QED) is 0.703. The van der Waals surface area contributed by atoms with Crippen molar-refractivity contribution in [3.05, 3.63) is 29.8 Å². The second kappa shape index (κ2) is 6.01. The number of fused-ring (bicyclic) bond motifs is 1. The van der Waals surface area contributed by atoms with Crippen LogP contribution in [0.4, 0.5) is 4.79 Å². The Labute approximate surface area is 148 Å². The standard InChI is InChI=1S/C17H23N3O4S/c1-12-11-19(16(21)24-17(2,3)4)9-10-20(12)15-13-7-5-6-8-14(13)25(22,23)18-15/h5-8,12H,9-11H2,1-4H3/t12-/m0/s1. The van der Waals surface area contributed by atoms with Gasteiger partial charge < -0.3 is 14.5 Å². The number of amides is 1. The van der Waals surface area contributed by atoms with Gasteiger partial charge in [0.05, 0.1) is 0 Å². The van der Waals surface area contributed by atoms with E-state index in [1.807, 2.05) is 32.6 Å². The molecule has 0 saturated carbocycles. The van der Waals surface area contributed by atoms with Crippen LogP contribution in [0.15, 0.2) is 33.6 Å². The van der Waals surface area contributed by atoms with E-state index in [1.54, 1.807) is 29.2 Å². The van der Waals surface area contributed by atoms with Crippen LogP contribution in [0.2, 0.25) is 0 Å². The molecule has 0 radical (unpaired) electrons. The highest BCUT2D eigenvalue weighted by atomic mass is 32.2. The number of benzene rings is 1. The van der Waals surface area contributed by atoms with Gasteiger partial charge in [0, 0.05) is 31.2 Å².